The van der Waals surface area contributed by atoms with Crippen LogP contribution in [0.2, 0.25) is 10.0 Å². The molecule has 4 nitrogen and oxygen atoms in total. The van der Waals surface area contributed by atoms with Gasteiger partial charge in [-0.25, -0.2) is 4.79 Å². The number of carbonyl (C=O) groups is 1. The van der Waals surface area contributed by atoms with Crippen LogP contribution in [-0.4, -0.2) is 18.9 Å². The highest BCUT2D eigenvalue weighted by Crippen LogP contribution is 2.28. The van der Waals surface area contributed by atoms with Crippen molar-refractivity contribution in [3.8, 4) is 5.75 Å². The third kappa shape index (κ3) is 5.83. The summed E-state index contributed by atoms with van der Waals surface area (Å²) in [6.07, 6.45) is 0.739. The van der Waals surface area contributed by atoms with E-state index in [1.54, 1.807) is 6.07 Å². The van der Waals surface area contributed by atoms with Crippen LogP contribution in [0.25, 0.3) is 0 Å². The van der Waals surface area contributed by atoms with Crippen molar-refractivity contribution in [1.29, 1.82) is 0 Å². The Morgan fingerprint density at radius 1 is 1.16 bits per heavy atom. The molecule has 1 atom stereocenters. The van der Waals surface area contributed by atoms with Gasteiger partial charge in [0, 0.05) is 17.3 Å². The molecule has 0 aliphatic heterocycles. The first kappa shape index (κ1) is 19.4. The average molecular weight is 382 g/mol. The minimum atomic E-state index is -0.811. The molecule has 0 radical (unpaired) electrons. The van der Waals surface area contributed by atoms with Gasteiger partial charge < -0.3 is 14.4 Å². The fourth-order valence-electron chi connectivity index (χ4n) is 2.34. The first-order valence-electron chi connectivity index (χ1n) is 8.16. The molecule has 2 aromatic carbocycles. The van der Waals surface area contributed by atoms with E-state index in [0.29, 0.717) is 5.02 Å². The second-order valence-corrected chi connectivity index (χ2v) is 6.37. The Kier molecular flexibility index (Phi) is 7.41. The second-order valence-electron chi connectivity index (χ2n) is 5.53. The third-order valence-electron chi connectivity index (χ3n) is 3.63. The molecule has 134 valence electrons. The summed E-state index contributed by atoms with van der Waals surface area (Å²) in [5, 5.41) is 0.719. The van der Waals surface area contributed by atoms with E-state index in [-0.39, 0.29) is 10.8 Å². The fraction of sp³-hybridized carbons (Fsp3) is 0.316. The maximum absolute atomic E-state index is 12.1. The molecule has 0 spiro atoms. The minimum Gasteiger partial charge on any atom is -0.410 e. The molecule has 0 amide bonds. The standard InChI is InChI=1S/C19H21Cl2NO3/c1-3-4-12-22(16-8-6-5-7-9-16)14(2)24-19(23)25-18-11-10-15(20)13-17(18)21/h5-11,13-14H,3-4,12H2,1-2H3. The smallest absolute Gasteiger partial charge is 0.410 e. The zero-order valence-corrected chi connectivity index (χ0v) is 15.8. The maximum Gasteiger partial charge on any atom is 0.515 e. The first-order chi connectivity index (χ1) is 12.0. The average Bonchev–Trinajstić information content (AvgIpc) is 2.58. The number of nitrogens with zero attached hydrogens (tertiary/aromatic N) is 1. The number of benzene rings is 2. The molecular weight excluding hydrogens is 361 g/mol. The Hall–Kier alpha value is -1.91. The molecule has 0 saturated heterocycles. The molecule has 0 bridgehead atoms. The summed E-state index contributed by atoms with van der Waals surface area (Å²) in [4.78, 5) is 14.1. The Balaban J connectivity index is 2.03. The summed E-state index contributed by atoms with van der Waals surface area (Å²) >= 11 is 11.8. The molecule has 0 N–H and O–H groups in total. The van der Waals surface area contributed by atoms with Gasteiger partial charge in [-0.1, -0.05) is 54.7 Å². The highest BCUT2D eigenvalue weighted by molar-refractivity contribution is 6.35. The zero-order chi connectivity index (χ0) is 18.2. The molecule has 0 aliphatic rings. The second kappa shape index (κ2) is 9.54. The van der Waals surface area contributed by atoms with Crippen LogP contribution < -0.4 is 9.64 Å². The van der Waals surface area contributed by atoms with Crippen LogP contribution in [-0.2, 0) is 4.74 Å². The number of anilines is 1. The summed E-state index contributed by atoms with van der Waals surface area (Å²) < 4.78 is 10.6. The maximum atomic E-state index is 12.1. The quantitative estimate of drug-likeness (QED) is 0.327. The first-order valence-corrected chi connectivity index (χ1v) is 8.92. The van der Waals surface area contributed by atoms with Crippen molar-refractivity contribution in [2.24, 2.45) is 0 Å². The van der Waals surface area contributed by atoms with Crippen molar-refractivity contribution in [1.82, 2.24) is 0 Å². The van der Waals surface area contributed by atoms with Crippen LogP contribution in [0.5, 0.6) is 5.75 Å². The summed E-state index contributed by atoms with van der Waals surface area (Å²) in [5.41, 5.74) is 0.987. The van der Waals surface area contributed by atoms with Crippen LogP contribution in [0, 0.1) is 0 Å². The number of rotatable bonds is 7. The van der Waals surface area contributed by atoms with E-state index in [1.807, 2.05) is 42.2 Å². The predicted octanol–water partition coefficient (Wildman–Crippen LogP) is 6.16. The van der Waals surface area contributed by atoms with E-state index in [0.717, 1.165) is 25.1 Å². The molecule has 6 heteroatoms. The molecule has 0 saturated carbocycles. The summed E-state index contributed by atoms with van der Waals surface area (Å²) in [7, 11) is 0. The van der Waals surface area contributed by atoms with E-state index >= 15 is 0 Å². The zero-order valence-electron chi connectivity index (χ0n) is 14.2. The van der Waals surface area contributed by atoms with E-state index < -0.39 is 12.4 Å². The molecule has 1 unspecified atom stereocenters. The Morgan fingerprint density at radius 3 is 2.52 bits per heavy atom. The largest absolute Gasteiger partial charge is 0.515 e. The molecule has 2 aromatic rings. The van der Waals surface area contributed by atoms with Crippen molar-refractivity contribution in [3.63, 3.8) is 0 Å². The number of hydrogen-bond donors (Lipinski definition) is 0. The van der Waals surface area contributed by atoms with Gasteiger partial charge in [-0.05, 0) is 43.7 Å². The summed E-state index contributed by atoms with van der Waals surface area (Å²) in [6, 6.07) is 14.4. The van der Waals surface area contributed by atoms with E-state index in [9.17, 15) is 4.79 Å². The van der Waals surface area contributed by atoms with Gasteiger partial charge in [0.15, 0.2) is 12.0 Å². The van der Waals surface area contributed by atoms with Gasteiger partial charge in [0.2, 0.25) is 0 Å². The van der Waals surface area contributed by atoms with E-state index in [4.69, 9.17) is 32.7 Å². The predicted molar refractivity (Wildman–Crippen MR) is 102 cm³/mol. The van der Waals surface area contributed by atoms with Gasteiger partial charge in [-0.2, -0.15) is 0 Å². The number of hydrogen-bond acceptors (Lipinski definition) is 4. The van der Waals surface area contributed by atoms with Crippen molar-refractivity contribution in [2.75, 3.05) is 11.4 Å². The number of halogens is 2. The molecular formula is C19H21Cl2NO3. The molecule has 2 rings (SSSR count). The van der Waals surface area contributed by atoms with Crippen LogP contribution in [0.1, 0.15) is 26.7 Å². The third-order valence-corrected chi connectivity index (χ3v) is 4.16. The van der Waals surface area contributed by atoms with Crippen molar-refractivity contribution >= 4 is 35.0 Å². The summed E-state index contributed by atoms with van der Waals surface area (Å²) in [5.74, 6) is 0.211. The fourth-order valence-corrected chi connectivity index (χ4v) is 2.79. The van der Waals surface area contributed by atoms with Crippen molar-refractivity contribution < 1.29 is 14.3 Å². The van der Waals surface area contributed by atoms with Gasteiger partial charge in [-0.3, -0.25) is 0 Å². The lowest BCUT2D eigenvalue weighted by atomic mass is 10.2. The lowest BCUT2D eigenvalue weighted by Gasteiger charge is -2.30. The van der Waals surface area contributed by atoms with Gasteiger partial charge in [-0.15, -0.1) is 0 Å². The Bertz CT molecular complexity index is 694. The molecule has 0 fully saturated rings. The lowest BCUT2D eigenvalue weighted by Crippen LogP contribution is -2.38. The molecule has 0 aliphatic carbocycles. The SMILES string of the molecule is CCCCN(c1ccccc1)C(C)OC(=O)Oc1ccc(Cl)cc1Cl. The van der Waals surface area contributed by atoms with Crippen LogP contribution in [0.4, 0.5) is 10.5 Å². The number of ether oxygens (including phenoxy) is 2. The van der Waals surface area contributed by atoms with Crippen LogP contribution in [0.3, 0.4) is 0 Å². The van der Waals surface area contributed by atoms with Gasteiger partial charge >= 0.3 is 6.16 Å². The summed E-state index contributed by atoms with van der Waals surface area (Å²) in [6.45, 7) is 4.70. The van der Waals surface area contributed by atoms with Crippen molar-refractivity contribution in [2.45, 2.75) is 32.9 Å². The van der Waals surface area contributed by atoms with Gasteiger partial charge in [0.05, 0.1) is 5.02 Å². The Morgan fingerprint density at radius 2 is 1.88 bits per heavy atom. The van der Waals surface area contributed by atoms with Crippen molar-refractivity contribution in [3.05, 3.63) is 58.6 Å². The van der Waals surface area contributed by atoms with Crippen LogP contribution >= 0.6 is 23.2 Å². The lowest BCUT2D eigenvalue weighted by molar-refractivity contribution is 0.0640. The number of unbranched alkanes of at least 4 members (excludes halogenated alkanes) is 1. The highest BCUT2D eigenvalue weighted by atomic mass is 35.5. The topological polar surface area (TPSA) is 38.8 Å². The highest BCUT2D eigenvalue weighted by Gasteiger charge is 2.20. The normalized spacial score (nSPS) is 11.7. The number of carbonyl (C=O) groups excluding carboxylic acids is 1. The van der Waals surface area contributed by atoms with Gasteiger partial charge in [0.1, 0.15) is 0 Å². The minimum absolute atomic E-state index is 0.211. The van der Waals surface area contributed by atoms with Crippen LogP contribution in [0.15, 0.2) is 48.5 Å². The van der Waals surface area contributed by atoms with E-state index in [2.05, 4.69) is 6.92 Å². The molecule has 0 heterocycles. The van der Waals surface area contributed by atoms with Gasteiger partial charge in [0.25, 0.3) is 0 Å². The van der Waals surface area contributed by atoms with E-state index in [1.165, 1.54) is 12.1 Å². The molecule has 25 heavy (non-hydrogen) atoms. The number of para-hydroxylation sites is 1. The molecule has 0 aromatic heterocycles. The Labute approximate surface area is 158 Å². The monoisotopic (exact) mass is 381 g/mol.